The van der Waals surface area contributed by atoms with Crippen LogP contribution in [0.15, 0.2) is 170 Å². The topological polar surface area (TPSA) is 6.48 Å². The van der Waals surface area contributed by atoms with Gasteiger partial charge in [-0.3, -0.25) is 0 Å². The van der Waals surface area contributed by atoms with Gasteiger partial charge in [0, 0.05) is 35.6 Å². The number of rotatable bonds is 7. The zero-order valence-electron chi connectivity index (χ0n) is 23.2. The quantitative estimate of drug-likeness (QED) is 0.240. The molecule has 198 valence electrons. The van der Waals surface area contributed by atoms with Gasteiger partial charge >= 0.3 is 0 Å². The van der Waals surface area contributed by atoms with E-state index in [-0.39, 0.29) is 22.9 Å². The molecule has 4 aromatic carbocycles. The highest BCUT2D eigenvalue weighted by Crippen LogP contribution is 2.49. The molecule has 0 saturated carbocycles. The lowest BCUT2D eigenvalue weighted by atomic mass is 9.64. The lowest BCUT2D eigenvalue weighted by Gasteiger charge is -2.45. The maximum absolute atomic E-state index is 2.36. The monoisotopic (exact) mass is 520 g/mol. The molecule has 2 heterocycles. The highest BCUT2D eigenvalue weighted by molar-refractivity contribution is 5.39. The summed E-state index contributed by atoms with van der Waals surface area (Å²) in [5.74, 6) is 0. The minimum Gasteiger partial charge on any atom is -0.343 e. The Morgan fingerprint density at radius 2 is 0.600 bits per heavy atom. The summed E-state index contributed by atoms with van der Waals surface area (Å²) in [4.78, 5) is 4.67. The van der Waals surface area contributed by atoms with Crippen molar-refractivity contribution in [3.8, 4) is 0 Å². The van der Waals surface area contributed by atoms with E-state index in [1.54, 1.807) is 0 Å². The van der Waals surface area contributed by atoms with Crippen molar-refractivity contribution in [2.75, 3.05) is 0 Å². The van der Waals surface area contributed by atoms with Gasteiger partial charge in [-0.1, -0.05) is 159 Å². The largest absolute Gasteiger partial charge is 0.343 e. The van der Waals surface area contributed by atoms with Gasteiger partial charge in [-0.05, 0) is 22.3 Å². The summed E-state index contributed by atoms with van der Waals surface area (Å²) in [5.41, 5.74) is 4.76. The molecule has 2 aliphatic heterocycles. The van der Waals surface area contributed by atoms with E-state index in [2.05, 4.69) is 194 Å². The Hall–Kier alpha value is -4.56. The van der Waals surface area contributed by atoms with Crippen LogP contribution in [0.3, 0.4) is 0 Å². The molecule has 0 saturated heterocycles. The van der Waals surface area contributed by atoms with E-state index in [1.165, 1.54) is 22.3 Å². The van der Waals surface area contributed by atoms with E-state index in [1.807, 2.05) is 0 Å². The number of hydrogen-bond donors (Lipinski definition) is 0. The van der Waals surface area contributed by atoms with Crippen LogP contribution >= 0.6 is 0 Å². The lowest BCUT2D eigenvalue weighted by Crippen LogP contribution is -2.37. The van der Waals surface area contributed by atoms with Gasteiger partial charge in [-0.15, -0.1) is 0 Å². The van der Waals surface area contributed by atoms with Crippen molar-refractivity contribution in [1.82, 2.24) is 9.80 Å². The third kappa shape index (κ3) is 4.94. The first-order valence-corrected chi connectivity index (χ1v) is 14.1. The first-order chi connectivity index (χ1) is 19.6. The van der Waals surface area contributed by atoms with Crippen LogP contribution in [0.1, 0.15) is 48.2 Å². The molecular weight excluding hydrogens is 484 g/mol. The molecule has 40 heavy (non-hydrogen) atoms. The summed E-state index contributed by atoms with van der Waals surface area (Å²) < 4.78 is 0. The van der Waals surface area contributed by atoms with E-state index >= 15 is 0 Å². The van der Waals surface area contributed by atoms with Crippen molar-refractivity contribution in [3.05, 3.63) is 193 Å². The second-order valence-electron chi connectivity index (χ2n) is 11.2. The molecule has 0 amide bonds. The van der Waals surface area contributed by atoms with E-state index in [4.69, 9.17) is 0 Å². The molecular formula is C38H36N2. The Kier molecular flexibility index (Phi) is 7.00. The minimum absolute atomic E-state index is 0.123. The first-order valence-electron chi connectivity index (χ1n) is 14.1. The Balaban J connectivity index is 1.27. The van der Waals surface area contributed by atoms with Gasteiger partial charge in [0.05, 0.1) is 12.1 Å². The summed E-state index contributed by atoms with van der Waals surface area (Å²) in [6.45, 7) is 4.65. The zero-order chi connectivity index (χ0) is 27.4. The molecule has 0 radical (unpaired) electrons. The summed E-state index contributed by atoms with van der Waals surface area (Å²) in [5, 5.41) is 0. The number of nitrogens with zero attached hydrogens (tertiary/aromatic N) is 2. The molecule has 0 spiro atoms. The molecule has 2 heteroatoms. The maximum Gasteiger partial charge on any atom is 0.0832 e. The molecule has 6 rings (SSSR count). The highest BCUT2D eigenvalue weighted by Gasteiger charge is 2.41. The summed E-state index contributed by atoms with van der Waals surface area (Å²) in [6, 6.07) is 43.2. The van der Waals surface area contributed by atoms with Crippen molar-refractivity contribution in [2.45, 2.75) is 25.9 Å². The van der Waals surface area contributed by atoms with Crippen LogP contribution in [-0.4, -0.2) is 9.80 Å². The third-order valence-electron chi connectivity index (χ3n) is 8.59. The van der Waals surface area contributed by atoms with Gasteiger partial charge in [0.1, 0.15) is 0 Å². The van der Waals surface area contributed by atoms with Crippen LogP contribution in [0.25, 0.3) is 0 Å². The fourth-order valence-electron chi connectivity index (χ4n) is 5.85. The van der Waals surface area contributed by atoms with Crippen LogP contribution in [-0.2, 0) is 0 Å². The van der Waals surface area contributed by atoms with Crippen molar-refractivity contribution in [3.63, 3.8) is 0 Å². The van der Waals surface area contributed by atoms with Gasteiger partial charge in [0.2, 0.25) is 0 Å². The maximum atomic E-state index is 2.36. The molecule has 2 nitrogen and oxygen atoms in total. The van der Waals surface area contributed by atoms with Crippen LogP contribution in [0, 0.1) is 10.8 Å². The highest BCUT2D eigenvalue weighted by atomic mass is 15.1. The first kappa shape index (κ1) is 25.7. The molecule has 0 atom stereocenters. The zero-order valence-corrected chi connectivity index (χ0v) is 23.2. The molecule has 0 N–H and O–H groups in total. The Labute approximate surface area is 238 Å². The predicted octanol–water partition coefficient (Wildman–Crippen LogP) is 9.26. The lowest BCUT2D eigenvalue weighted by molar-refractivity contribution is 0.271. The molecule has 2 aliphatic rings. The Morgan fingerprint density at radius 1 is 0.375 bits per heavy atom. The smallest absolute Gasteiger partial charge is 0.0832 e. The number of benzene rings is 4. The number of allylic oxidation sites excluding steroid dienone is 4. The van der Waals surface area contributed by atoms with Gasteiger partial charge in [-0.2, -0.15) is 0 Å². The van der Waals surface area contributed by atoms with Crippen LogP contribution < -0.4 is 0 Å². The standard InChI is InChI=1S/C38H36N2/c1-37(23-27-39(28-24-37)35(31-15-7-3-8-16-31)32-17-9-4-10-18-32)38(2)25-29-40(30-26-38)36(33-19-11-5-12-20-33)34-21-13-6-14-22-34/h3-30,35-36H,1-2H3. The minimum atomic E-state index is -0.171. The molecule has 0 fully saturated rings. The number of hydrogen-bond acceptors (Lipinski definition) is 2. The molecule has 4 aromatic rings. The van der Waals surface area contributed by atoms with E-state index in [0.717, 1.165) is 0 Å². The van der Waals surface area contributed by atoms with Gasteiger partial charge in [0.25, 0.3) is 0 Å². The average molecular weight is 521 g/mol. The Morgan fingerprint density at radius 3 is 0.825 bits per heavy atom. The predicted molar refractivity (Wildman–Crippen MR) is 166 cm³/mol. The Bertz CT molecular complexity index is 1290. The van der Waals surface area contributed by atoms with Gasteiger partial charge < -0.3 is 9.80 Å². The molecule has 0 aliphatic carbocycles. The van der Waals surface area contributed by atoms with Crippen molar-refractivity contribution < 1.29 is 0 Å². The summed E-state index contributed by atoms with van der Waals surface area (Å²) in [7, 11) is 0. The van der Waals surface area contributed by atoms with Gasteiger partial charge in [-0.25, -0.2) is 0 Å². The SMILES string of the molecule is CC1(C2(C)C=CN(C(c3ccccc3)c3ccccc3)C=C2)C=CN(C(c2ccccc2)c2ccccc2)C=C1. The fourth-order valence-corrected chi connectivity index (χ4v) is 5.85. The molecule has 0 aromatic heterocycles. The third-order valence-corrected chi connectivity index (χ3v) is 8.59. The van der Waals surface area contributed by atoms with Crippen molar-refractivity contribution in [1.29, 1.82) is 0 Å². The average Bonchev–Trinajstić information content (AvgIpc) is 3.02. The second-order valence-corrected chi connectivity index (χ2v) is 11.2. The fraction of sp³-hybridized carbons (Fsp3) is 0.158. The van der Waals surface area contributed by atoms with E-state index < -0.39 is 0 Å². The van der Waals surface area contributed by atoms with Crippen LogP contribution in [0.4, 0.5) is 0 Å². The van der Waals surface area contributed by atoms with E-state index in [9.17, 15) is 0 Å². The van der Waals surface area contributed by atoms with Crippen LogP contribution in [0.5, 0.6) is 0 Å². The van der Waals surface area contributed by atoms with Crippen molar-refractivity contribution in [2.24, 2.45) is 10.8 Å². The summed E-state index contributed by atoms with van der Waals surface area (Å²) in [6.07, 6.45) is 18.5. The summed E-state index contributed by atoms with van der Waals surface area (Å²) >= 11 is 0. The molecule has 0 bridgehead atoms. The second kappa shape index (κ2) is 10.9. The normalized spacial score (nSPS) is 17.1. The molecule has 0 unspecified atom stereocenters. The van der Waals surface area contributed by atoms with Gasteiger partial charge in [0.15, 0.2) is 0 Å². The van der Waals surface area contributed by atoms with Crippen LogP contribution in [0.2, 0.25) is 0 Å². The van der Waals surface area contributed by atoms with E-state index in [0.29, 0.717) is 0 Å². The van der Waals surface area contributed by atoms with Crippen molar-refractivity contribution >= 4 is 0 Å².